The fourth-order valence-electron chi connectivity index (χ4n) is 3.83. The van der Waals surface area contributed by atoms with Crippen LogP contribution < -0.4 is 10.2 Å². The lowest BCUT2D eigenvalue weighted by Crippen LogP contribution is -2.50. The highest BCUT2D eigenvalue weighted by atomic mass is 16.3. The topological polar surface area (TPSA) is 119 Å². The van der Waals surface area contributed by atoms with E-state index < -0.39 is 17.5 Å². The van der Waals surface area contributed by atoms with Crippen molar-refractivity contribution in [2.45, 2.75) is 59.7 Å². The number of aryl methyl sites for hydroxylation is 2. The summed E-state index contributed by atoms with van der Waals surface area (Å²) in [4.78, 5) is 30.1. The van der Waals surface area contributed by atoms with Crippen LogP contribution in [-0.4, -0.2) is 37.6 Å². The van der Waals surface area contributed by atoms with E-state index in [9.17, 15) is 9.59 Å². The molecule has 0 saturated heterocycles. The maximum atomic E-state index is 13.9. The zero-order chi connectivity index (χ0) is 26.0. The van der Waals surface area contributed by atoms with Crippen molar-refractivity contribution in [1.29, 1.82) is 0 Å². The lowest BCUT2D eigenvalue weighted by atomic mass is 10.0. The van der Waals surface area contributed by atoms with Gasteiger partial charge in [0.2, 0.25) is 5.82 Å². The molecule has 0 radical (unpaired) electrons. The van der Waals surface area contributed by atoms with E-state index in [1.54, 1.807) is 24.3 Å². The summed E-state index contributed by atoms with van der Waals surface area (Å²) in [5.74, 6) is 0.991. The number of aromatic nitrogens is 4. The van der Waals surface area contributed by atoms with Crippen LogP contribution in [0.5, 0.6) is 0 Å². The van der Waals surface area contributed by atoms with Crippen molar-refractivity contribution in [2.75, 3.05) is 4.90 Å². The number of carbonyl (C=O) groups is 2. The van der Waals surface area contributed by atoms with E-state index in [1.807, 2.05) is 59.7 Å². The Kier molecular flexibility index (Phi) is 6.78. The molecule has 0 spiro atoms. The molecule has 4 rings (SSSR count). The number of nitrogens with zero attached hydrogens (tertiary/aromatic N) is 5. The molecular formula is C26H30N6O4. The van der Waals surface area contributed by atoms with Gasteiger partial charge in [-0.25, -0.2) is 0 Å². The quantitative estimate of drug-likeness (QED) is 0.413. The van der Waals surface area contributed by atoms with Crippen molar-refractivity contribution in [2.24, 2.45) is 0 Å². The molecule has 0 saturated carbocycles. The lowest BCUT2D eigenvalue weighted by molar-refractivity contribution is -0.128. The summed E-state index contributed by atoms with van der Waals surface area (Å²) in [5.41, 5.74) is 1.91. The van der Waals surface area contributed by atoms with Crippen LogP contribution in [0.15, 0.2) is 57.6 Å². The molecule has 10 heteroatoms. The number of furan rings is 2. The molecule has 1 aromatic carbocycles. The van der Waals surface area contributed by atoms with E-state index in [0.717, 1.165) is 11.1 Å². The van der Waals surface area contributed by atoms with Crippen LogP contribution in [-0.2, 0) is 16.1 Å². The first-order chi connectivity index (χ1) is 17.0. The highest BCUT2D eigenvalue weighted by Crippen LogP contribution is 2.32. The monoisotopic (exact) mass is 490 g/mol. The smallest absolute Gasteiger partial charge is 0.251 e. The Hall–Kier alpha value is -4.21. The van der Waals surface area contributed by atoms with Gasteiger partial charge in [-0.05, 0) is 88.2 Å². The molecule has 188 valence electrons. The first kappa shape index (κ1) is 24.9. The van der Waals surface area contributed by atoms with Crippen LogP contribution in [0.1, 0.15) is 49.5 Å². The maximum absolute atomic E-state index is 13.9. The van der Waals surface area contributed by atoms with E-state index >= 15 is 0 Å². The molecule has 0 fully saturated rings. The SMILES string of the molecule is Cc1ccc(-c2nnn(CC(=O)N(c3cccc(C)c3C)C(C(=O)NC(C)(C)C)c3ccco3)n2)o1. The Morgan fingerprint density at radius 3 is 2.50 bits per heavy atom. The number of benzene rings is 1. The zero-order valence-corrected chi connectivity index (χ0v) is 21.3. The molecule has 0 bridgehead atoms. The minimum Gasteiger partial charge on any atom is -0.467 e. The molecule has 1 unspecified atom stereocenters. The maximum Gasteiger partial charge on any atom is 0.251 e. The minimum absolute atomic E-state index is 0.250. The van der Waals surface area contributed by atoms with Crippen LogP contribution in [0.25, 0.3) is 11.6 Å². The Bertz CT molecular complexity index is 1360. The molecule has 0 aliphatic heterocycles. The molecule has 0 aliphatic carbocycles. The Balaban J connectivity index is 1.75. The third kappa shape index (κ3) is 5.37. The average Bonchev–Trinajstić information content (AvgIpc) is 3.55. The number of tetrazole rings is 1. The molecule has 1 N–H and O–H groups in total. The van der Waals surface area contributed by atoms with Crippen molar-refractivity contribution < 1.29 is 18.4 Å². The van der Waals surface area contributed by atoms with Gasteiger partial charge in [-0.2, -0.15) is 4.80 Å². The molecule has 3 heterocycles. The molecule has 36 heavy (non-hydrogen) atoms. The Labute approximate surface area is 209 Å². The van der Waals surface area contributed by atoms with Crippen LogP contribution in [0.4, 0.5) is 5.69 Å². The van der Waals surface area contributed by atoms with Gasteiger partial charge in [-0.1, -0.05) is 12.1 Å². The van der Waals surface area contributed by atoms with Gasteiger partial charge in [0.1, 0.15) is 18.1 Å². The normalized spacial score (nSPS) is 12.4. The summed E-state index contributed by atoms with van der Waals surface area (Å²) in [7, 11) is 0. The minimum atomic E-state index is -1.05. The molecule has 0 aliphatic rings. The van der Waals surface area contributed by atoms with Gasteiger partial charge < -0.3 is 14.2 Å². The molecule has 3 aromatic heterocycles. The largest absolute Gasteiger partial charge is 0.467 e. The number of rotatable bonds is 7. The summed E-state index contributed by atoms with van der Waals surface area (Å²) in [5, 5.41) is 15.3. The summed E-state index contributed by atoms with van der Waals surface area (Å²) in [6, 6.07) is 11.5. The number of anilines is 1. The summed E-state index contributed by atoms with van der Waals surface area (Å²) < 4.78 is 11.2. The van der Waals surface area contributed by atoms with Crippen LogP contribution in [0.3, 0.4) is 0 Å². The van der Waals surface area contributed by atoms with Crippen LogP contribution in [0.2, 0.25) is 0 Å². The van der Waals surface area contributed by atoms with E-state index in [-0.39, 0.29) is 18.3 Å². The first-order valence-corrected chi connectivity index (χ1v) is 11.6. The van der Waals surface area contributed by atoms with Gasteiger partial charge in [0.05, 0.1) is 6.26 Å². The summed E-state index contributed by atoms with van der Waals surface area (Å²) >= 11 is 0. The molecule has 1 atom stereocenters. The number of amides is 2. The molecule has 4 aromatic rings. The van der Waals surface area contributed by atoms with Gasteiger partial charge >= 0.3 is 0 Å². The third-order valence-electron chi connectivity index (χ3n) is 5.61. The third-order valence-corrected chi connectivity index (χ3v) is 5.61. The van der Waals surface area contributed by atoms with Gasteiger partial charge in [0.15, 0.2) is 11.8 Å². The van der Waals surface area contributed by atoms with Crippen molar-refractivity contribution >= 4 is 17.5 Å². The number of carbonyl (C=O) groups excluding carboxylic acids is 2. The van der Waals surface area contributed by atoms with Crippen molar-refractivity contribution in [1.82, 2.24) is 25.5 Å². The molecule has 2 amide bonds. The van der Waals surface area contributed by atoms with E-state index in [0.29, 0.717) is 23.0 Å². The second-order valence-corrected chi connectivity index (χ2v) is 9.69. The number of hydrogen-bond acceptors (Lipinski definition) is 7. The standard InChI is InChI=1S/C26H30N6O4/c1-16-9-7-10-19(18(16)3)32(23(20-11-8-14-35-20)25(34)27-26(4,5)6)22(33)15-31-29-24(28-30-31)21-13-12-17(2)36-21/h7-14,23H,15H2,1-6H3,(H,27,34). The first-order valence-electron chi connectivity index (χ1n) is 11.6. The second-order valence-electron chi connectivity index (χ2n) is 9.69. The zero-order valence-electron chi connectivity index (χ0n) is 21.3. The second kappa shape index (κ2) is 9.80. The Morgan fingerprint density at radius 2 is 1.86 bits per heavy atom. The van der Waals surface area contributed by atoms with Gasteiger partial charge in [0.25, 0.3) is 11.8 Å². The average molecular weight is 491 g/mol. The van der Waals surface area contributed by atoms with E-state index in [1.165, 1.54) is 16.0 Å². The van der Waals surface area contributed by atoms with Crippen molar-refractivity contribution in [3.05, 3.63) is 71.4 Å². The predicted molar refractivity (Wildman–Crippen MR) is 133 cm³/mol. The molecular weight excluding hydrogens is 460 g/mol. The van der Waals surface area contributed by atoms with Crippen molar-refractivity contribution in [3.63, 3.8) is 0 Å². The molecule has 10 nitrogen and oxygen atoms in total. The Morgan fingerprint density at radius 1 is 1.08 bits per heavy atom. The van der Waals surface area contributed by atoms with Gasteiger partial charge in [-0.3, -0.25) is 14.5 Å². The van der Waals surface area contributed by atoms with Gasteiger partial charge in [0, 0.05) is 11.2 Å². The number of nitrogens with one attached hydrogen (secondary N) is 1. The summed E-state index contributed by atoms with van der Waals surface area (Å²) in [6.07, 6.45) is 1.48. The van der Waals surface area contributed by atoms with E-state index in [4.69, 9.17) is 8.83 Å². The highest BCUT2D eigenvalue weighted by molar-refractivity contribution is 6.01. The number of hydrogen-bond donors (Lipinski definition) is 1. The highest BCUT2D eigenvalue weighted by Gasteiger charge is 2.37. The van der Waals surface area contributed by atoms with Gasteiger partial charge in [-0.15, -0.1) is 10.2 Å². The summed E-state index contributed by atoms with van der Waals surface area (Å²) in [6.45, 7) is 11.1. The van der Waals surface area contributed by atoms with Crippen molar-refractivity contribution in [3.8, 4) is 11.6 Å². The fourth-order valence-corrected chi connectivity index (χ4v) is 3.83. The fraction of sp³-hybridized carbons (Fsp3) is 0.346. The van der Waals surface area contributed by atoms with Crippen LogP contribution >= 0.6 is 0 Å². The predicted octanol–water partition coefficient (Wildman–Crippen LogP) is 4.14. The van der Waals surface area contributed by atoms with E-state index in [2.05, 4.69) is 20.7 Å². The van der Waals surface area contributed by atoms with Crippen LogP contribution in [0, 0.1) is 20.8 Å². The lowest BCUT2D eigenvalue weighted by Gasteiger charge is -2.33.